The van der Waals surface area contributed by atoms with Crippen molar-refractivity contribution in [2.24, 2.45) is 7.05 Å². The molecular weight excluding hydrogens is 436 g/mol. The van der Waals surface area contributed by atoms with Crippen molar-refractivity contribution in [1.29, 1.82) is 0 Å². The lowest BCUT2D eigenvalue weighted by Gasteiger charge is -2.20. The molecule has 0 aliphatic carbocycles. The van der Waals surface area contributed by atoms with Gasteiger partial charge in [-0.05, 0) is 0 Å². The Bertz CT molecular complexity index is 1030. The molecule has 16 heteroatoms. The van der Waals surface area contributed by atoms with Gasteiger partial charge in [-0.25, -0.2) is 15.0 Å². The van der Waals surface area contributed by atoms with E-state index in [1.165, 1.54) is 20.3 Å². The largest absolute Gasteiger partial charge is 0.481 e. The van der Waals surface area contributed by atoms with Gasteiger partial charge >= 0.3 is 22.1 Å². The normalized spacial score (nSPS) is 10.9. The SMILES string of the molecule is COC(=O)c1c(Cl)nn(C)c1S(=O)(=O)N(Nc1nc(OC)cc(OC)n1)C(=O)O. The van der Waals surface area contributed by atoms with Crippen molar-refractivity contribution in [2.45, 2.75) is 5.03 Å². The van der Waals surface area contributed by atoms with Gasteiger partial charge in [0.1, 0.15) is 5.56 Å². The molecule has 158 valence electrons. The van der Waals surface area contributed by atoms with Crippen molar-refractivity contribution in [3.63, 3.8) is 0 Å². The highest BCUT2D eigenvalue weighted by Crippen LogP contribution is 2.27. The van der Waals surface area contributed by atoms with Crippen LogP contribution in [0.4, 0.5) is 10.7 Å². The van der Waals surface area contributed by atoms with Crippen molar-refractivity contribution in [2.75, 3.05) is 26.8 Å². The number of sulfonamides is 1. The second-order valence-corrected chi connectivity index (χ2v) is 7.09. The number of aryl methyl sites for hydroxylation is 1. The van der Waals surface area contributed by atoms with Gasteiger partial charge in [-0.15, -0.1) is 4.41 Å². The Hall–Kier alpha value is -3.33. The van der Waals surface area contributed by atoms with E-state index in [0.29, 0.717) is 4.68 Å². The zero-order chi connectivity index (χ0) is 21.9. The molecule has 0 aliphatic heterocycles. The van der Waals surface area contributed by atoms with Crippen LogP contribution in [0.5, 0.6) is 11.8 Å². The summed E-state index contributed by atoms with van der Waals surface area (Å²) in [4.78, 5) is 31.2. The number of amides is 1. The molecule has 0 atom stereocenters. The number of carboxylic acid groups (broad SMARTS) is 1. The van der Waals surface area contributed by atoms with Gasteiger partial charge in [0.2, 0.25) is 17.7 Å². The fraction of sp³-hybridized carbons (Fsp3) is 0.308. The molecule has 2 N–H and O–H groups in total. The number of carbonyl (C=O) groups is 2. The van der Waals surface area contributed by atoms with Crippen LogP contribution in [0.1, 0.15) is 10.4 Å². The Balaban J connectivity index is 2.60. The molecule has 2 rings (SSSR count). The fourth-order valence-electron chi connectivity index (χ4n) is 2.10. The van der Waals surface area contributed by atoms with E-state index in [-0.39, 0.29) is 16.2 Å². The Kier molecular flexibility index (Phi) is 6.33. The standard InChI is InChI=1S/C13H15ClN6O8S/c1-19-10(8(9(14)17-19)11(21)28-4)29(24,25)20(13(22)23)18-12-15-6(26-2)5-7(16-12)27-3/h5H,1-4H3,(H,22,23)(H,15,16,18). The van der Waals surface area contributed by atoms with Crippen LogP contribution < -0.4 is 14.9 Å². The van der Waals surface area contributed by atoms with Gasteiger partial charge in [-0.3, -0.25) is 4.68 Å². The third-order valence-corrected chi connectivity index (χ3v) is 5.25. The summed E-state index contributed by atoms with van der Waals surface area (Å²) in [6, 6.07) is 1.28. The molecular formula is C13H15ClN6O8S. The van der Waals surface area contributed by atoms with E-state index in [1.54, 1.807) is 0 Å². The summed E-state index contributed by atoms with van der Waals surface area (Å²) in [5.74, 6) is -1.70. The van der Waals surface area contributed by atoms with Crippen molar-refractivity contribution in [3.8, 4) is 11.8 Å². The van der Waals surface area contributed by atoms with Crippen molar-refractivity contribution in [1.82, 2.24) is 24.2 Å². The van der Waals surface area contributed by atoms with Crippen molar-refractivity contribution in [3.05, 3.63) is 16.8 Å². The smallest absolute Gasteiger partial charge is 0.441 e. The van der Waals surface area contributed by atoms with Crippen LogP contribution in [0.25, 0.3) is 0 Å². The Morgan fingerprint density at radius 2 is 1.76 bits per heavy atom. The maximum absolute atomic E-state index is 13.0. The van der Waals surface area contributed by atoms with E-state index < -0.39 is 43.8 Å². The third-order valence-electron chi connectivity index (χ3n) is 3.30. The van der Waals surface area contributed by atoms with E-state index >= 15 is 0 Å². The predicted molar refractivity (Wildman–Crippen MR) is 95.4 cm³/mol. The van der Waals surface area contributed by atoms with Crippen LogP contribution >= 0.6 is 11.6 Å². The van der Waals surface area contributed by atoms with Gasteiger partial charge in [-0.2, -0.15) is 23.5 Å². The summed E-state index contributed by atoms with van der Waals surface area (Å²) < 4.78 is 40.8. The van der Waals surface area contributed by atoms with Crippen molar-refractivity contribution >= 4 is 39.6 Å². The summed E-state index contributed by atoms with van der Waals surface area (Å²) in [5.41, 5.74) is 1.37. The van der Waals surface area contributed by atoms with E-state index in [2.05, 4.69) is 19.8 Å². The van der Waals surface area contributed by atoms with Gasteiger partial charge < -0.3 is 19.3 Å². The second kappa shape index (κ2) is 8.36. The first kappa shape index (κ1) is 22.0. The molecule has 0 aliphatic rings. The first-order valence-corrected chi connectivity index (χ1v) is 9.21. The first-order chi connectivity index (χ1) is 13.6. The zero-order valence-corrected chi connectivity index (χ0v) is 17.0. The number of ether oxygens (including phenoxy) is 3. The Labute approximate surface area is 169 Å². The Morgan fingerprint density at radius 3 is 2.21 bits per heavy atom. The first-order valence-electron chi connectivity index (χ1n) is 7.39. The minimum absolute atomic E-state index is 0.0408. The minimum Gasteiger partial charge on any atom is -0.481 e. The number of methoxy groups -OCH3 is 3. The highest BCUT2D eigenvalue weighted by molar-refractivity contribution is 7.89. The number of hydrogen-bond donors (Lipinski definition) is 2. The van der Waals surface area contributed by atoms with Gasteiger partial charge in [-0.1, -0.05) is 11.6 Å². The minimum atomic E-state index is -4.96. The lowest BCUT2D eigenvalue weighted by molar-refractivity contribution is 0.0595. The van der Waals surface area contributed by atoms with Gasteiger partial charge in [0, 0.05) is 7.05 Å². The number of anilines is 1. The summed E-state index contributed by atoms with van der Waals surface area (Å²) in [6.45, 7) is 0. The quantitative estimate of drug-likeness (QED) is 0.438. The lowest BCUT2D eigenvalue weighted by Crippen LogP contribution is -2.42. The molecule has 2 aromatic heterocycles. The molecule has 14 nitrogen and oxygen atoms in total. The summed E-state index contributed by atoms with van der Waals surface area (Å²) in [6.07, 6.45) is -1.97. The highest BCUT2D eigenvalue weighted by atomic mass is 35.5. The Morgan fingerprint density at radius 1 is 1.21 bits per heavy atom. The molecule has 2 heterocycles. The second-order valence-electron chi connectivity index (χ2n) is 5.03. The van der Waals surface area contributed by atoms with Crippen LogP contribution in [0.3, 0.4) is 0 Å². The van der Waals surface area contributed by atoms with Gasteiger partial charge in [0.15, 0.2) is 10.2 Å². The number of hydrazine groups is 1. The summed E-state index contributed by atoms with van der Waals surface area (Å²) in [5, 5.41) is 11.8. The monoisotopic (exact) mass is 450 g/mol. The van der Waals surface area contributed by atoms with E-state index in [4.69, 9.17) is 21.1 Å². The average Bonchev–Trinajstić information content (AvgIpc) is 2.99. The van der Waals surface area contributed by atoms with Gasteiger partial charge in [0.05, 0.1) is 27.4 Å². The highest BCUT2D eigenvalue weighted by Gasteiger charge is 2.39. The van der Waals surface area contributed by atoms with Crippen LogP contribution in [0.15, 0.2) is 11.1 Å². The molecule has 2 aromatic rings. The fourth-order valence-corrected chi connectivity index (χ4v) is 3.83. The number of halogens is 1. The molecule has 0 saturated heterocycles. The number of carbonyl (C=O) groups excluding carboxylic acids is 1. The average molecular weight is 451 g/mol. The number of rotatable bonds is 7. The zero-order valence-electron chi connectivity index (χ0n) is 15.4. The molecule has 0 saturated carbocycles. The van der Waals surface area contributed by atoms with Gasteiger partial charge in [0.25, 0.3) is 0 Å². The molecule has 1 amide bonds. The summed E-state index contributed by atoms with van der Waals surface area (Å²) in [7, 11) is -0.266. The maximum Gasteiger partial charge on any atom is 0.441 e. The molecule has 0 radical (unpaired) electrons. The molecule has 0 spiro atoms. The van der Waals surface area contributed by atoms with Crippen LogP contribution in [-0.4, -0.2) is 71.1 Å². The topological polar surface area (TPSA) is 175 Å². The van der Waals surface area contributed by atoms with E-state index in [1.807, 2.05) is 5.43 Å². The number of nitrogens with zero attached hydrogens (tertiary/aromatic N) is 5. The van der Waals surface area contributed by atoms with Crippen molar-refractivity contribution < 1.29 is 37.3 Å². The molecule has 0 fully saturated rings. The number of esters is 1. The molecule has 0 unspecified atom stereocenters. The summed E-state index contributed by atoms with van der Waals surface area (Å²) >= 11 is 5.81. The number of aromatic nitrogens is 4. The number of hydrogen-bond acceptors (Lipinski definition) is 11. The van der Waals surface area contributed by atoms with Crippen LogP contribution in [-0.2, 0) is 21.8 Å². The molecule has 0 bridgehead atoms. The lowest BCUT2D eigenvalue weighted by atomic mass is 10.4. The van der Waals surface area contributed by atoms with E-state index in [0.717, 1.165) is 14.2 Å². The maximum atomic E-state index is 13.0. The van der Waals surface area contributed by atoms with Crippen LogP contribution in [0.2, 0.25) is 5.15 Å². The molecule has 29 heavy (non-hydrogen) atoms. The number of nitrogens with one attached hydrogen (secondary N) is 1. The molecule has 0 aromatic carbocycles. The third kappa shape index (κ3) is 4.24. The van der Waals surface area contributed by atoms with Crippen LogP contribution in [0, 0.1) is 0 Å². The van der Waals surface area contributed by atoms with E-state index in [9.17, 15) is 23.1 Å². The predicted octanol–water partition coefficient (Wildman–Crippen LogP) is 0.363.